The summed E-state index contributed by atoms with van der Waals surface area (Å²) in [5.74, 6) is 0. The van der Waals surface area contributed by atoms with E-state index in [2.05, 4.69) is 17.0 Å². The molecule has 0 aromatic rings. The lowest BCUT2D eigenvalue weighted by Crippen LogP contribution is -1.93. The molecule has 8 heavy (non-hydrogen) atoms. The molecule has 0 amide bonds. The Morgan fingerprint density at radius 2 is 2.25 bits per heavy atom. The number of thioether (sulfide) groups is 1. The second kappa shape index (κ2) is 3.86. The first-order valence-corrected chi connectivity index (χ1v) is 3.15. The molecule has 0 heterocycles. The lowest BCUT2D eigenvalue weighted by molar-refractivity contribution is -0.109. The van der Waals surface area contributed by atoms with Gasteiger partial charge in [0.05, 0.1) is 7.11 Å². The number of carbonyl (C=O) groups excluding carboxylic acids is 1. The molecule has 0 rings (SSSR count). The smallest absolute Gasteiger partial charge is 0.227 e. The van der Waals surface area contributed by atoms with Crippen LogP contribution < -0.4 is 0 Å². The van der Waals surface area contributed by atoms with E-state index in [1.165, 1.54) is 14.0 Å². The van der Waals surface area contributed by atoms with Crippen molar-refractivity contribution in [2.45, 2.75) is 6.92 Å². The molecule has 0 bridgehead atoms. The second-order valence-electron chi connectivity index (χ2n) is 1.05. The summed E-state index contributed by atoms with van der Waals surface area (Å²) in [6.45, 7) is 1.44. The Hall–Kier alpha value is -0.0900. The van der Waals surface area contributed by atoms with Crippen LogP contribution >= 0.6 is 24.0 Å². The zero-order chi connectivity index (χ0) is 6.57. The number of hydrogen-bond donors (Lipinski definition) is 0. The maximum absolute atomic E-state index is 10.2. The van der Waals surface area contributed by atoms with Gasteiger partial charge in [-0.25, -0.2) is 0 Å². The normalized spacial score (nSPS) is 8.25. The maximum Gasteiger partial charge on any atom is 0.227 e. The van der Waals surface area contributed by atoms with E-state index in [1.807, 2.05) is 0 Å². The van der Waals surface area contributed by atoms with Crippen molar-refractivity contribution in [3.8, 4) is 0 Å². The van der Waals surface area contributed by atoms with Gasteiger partial charge in [0.15, 0.2) is 5.12 Å². The predicted molar refractivity (Wildman–Crippen MR) is 37.9 cm³/mol. The molecular formula is C4H6O2S2. The minimum Gasteiger partial charge on any atom is -0.482 e. The van der Waals surface area contributed by atoms with Crippen LogP contribution in [0.25, 0.3) is 0 Å². The molecule has 46 valence electrons. The Kier molecular flexibility index (Phi) is 3.81. The first-order chi connectivity index (χ1) is 3.66. The van der Waals surface area contributed by atoms with Crippen LogP contribution in [0.2, 0.25) is 0 Å². The van der Waals surface area contributed by atoms with E-state index in [4.69, 9.17) is 0 Å². The third-order valence-electron chi connectivity index (χ3n) is 0.394. The average Bonchev–Trinajstić information content (AvgIpc) is 1.65. The van der Waals surface area contributed by atoms with E-state index in [9.17, 15) is 4.79 Å². The quantitative estimate of drug-likeness (QED) is 0.485. The van der Waals surface area contributed by atoms with Crippen LogP contribution in [0.4, 0.5) is 0 Å². The standard InChI is InChI=1S/C4H6O2S2/c1-3(5)8-4(7)6-2/h1-2H3. The Bertz CT molecular complexity index is 111. The lowest BCUT2D eigenvalue weighted by atomic mass is 10.9. The van der Waals surface area contributed by atoms with E-state index in [-0.39, 0.29) is 9.50 Å². The van der Waals surface area contributed by atoms with Crippen molar-refractivity contribution in [3.05, 3.63) is 0 Å². The largest absolute Gasteiger partial charge is 0.482 e. The number of thiocarbonyl (C=S) groups is 1. The molecule has 0 saturated carbocycles. The van der Waals surface area contributed by atoms with Crippen LogP contribution in [-0.2, 0) is 9.53 Å². The summed E-state index contributed by atoms with van der Waals surface area (Å²) in [4.78, 5) is 10.2. The molecule has 0 saturated heterocycles. The fraction of sp³-hybridized carbons (Fsp3) is 0.500. The van der Waals surface area contributed by atoms with Gasteiger partial charge in [-0.1, -0.05) is 0 Å². The Morgan fingerprint density at radius 3 is 2.38 bits per heavy atom. The van der Waals surface area contributed by atoms with Gasteiger partial charge in [0, 0.05) is 6.92 Å². The van der Waals surface area contributed by atoms with Crippen LogP contribution in [0.15, 0.2) is 0 Å². The Balaban J connectivity index is 3.40. The highest BCUT2D eigenvalue weighted by atomic mass is 32.2. The number of carbonyl (C=O) groups is 1. The Morgan fingerprint density at radius 1 is 1.75 bits per heavy atom. The second-order valence-corrected chi connectivity index (χ2v) is 2.83. The van der Waals surface area contributed by atoms with Crippen LogP contribution in [0, 0.1) is 0 Å². The van der Waals surface area contributed by atoms with Gasteiger partial charge in [-0.3, -0.25) is 4.79 Å². The highest BCUT2D eigenvalue weighted by Crippen LogP contribution is 2.04. The predicted octanol–water partition coefficient (Wildman–Crippen LogP) is 1.20. The fourth-order valence-electron chi connectivity index (χ4n) is 0.159. The van der Waals surface area contributed by atoms with Crippen molar-refractivity contribution in [1.29, 1.82) is 0 Å². The van der Waals surface area contributed by atoms with Crippen molar-refractivity contribution < 1.29 is 9.53 Å². The molecule has 0 aromatic carbocycles. The maximum atomic E-state index is 10.2. The van der Waals surface area contributed by atoms with Crippen LogP contribution in [0.1, 0.15) is 6.92 Å². The van der Waals surface area contributed by atoms with Crippen molar-refractivity contribution in [1.82, 2.24) is 0 Å². The van der Waals surface area contributed by atoms with E-state index in [0.29, 0.717) is 0 Å². The van der Waals surface area contributed by atoms with Crippen molar-refractivity contribution in [3.63, 3.8) is 0 Å². The van der Waals surface area contributed by atoms with Gasteiger partial charge in [-0.05, 0) is 24.0 Å². The molecule has 0 atom stereocenters. The van der Waals surface area contributed by atoms with Crippen LogP contribution in [-0.4, -0.2) is 16.6 Å². The fourth-order valence-corrected chi connectivity index (χ4v) is 0.829. The minimum absolute atomic E-state index is 0.0446. The van der Waals surface area contributed by atoms with E-state index < -0.39 is 0 Å². The van der Waals surface area contributed by atoms with Gasteiger partial charge in [0.1, 0.15) is 0 Å². The topological polar surface area (TPSA) is 26.3 Å². The summed E-state index contributed by atoms with van der Waals surface area (Å²) in [5, 5.41) is -0.0446. The summed E-state index contributed by atoms with van der Waals surface area (Å²) >= 11 is 5.48. The Labute approximate surface area is 57.6 Å². The number of ether oxygens (including phenoxy) is 1. The average molecular weight is 150 g/mol. The first kappa shape index (κ1) is 7.91. The molecule has 0 aliphatic heterocycles. The molecule has 0 unspecified atom stereocenters. The summed E-state index contributed by atoms with van der Waals surface area (Å²) in [6, 6.07) is 0. The number of methoxy groups -OCH3 is 1. The van der Waals surface area contributed by atoms with Crippen molar-refractivity contribution >= 4 is 33.5 Å². The minimum atomic E-state index is -0.0446. The summed E-state index contributed by atoms with van der Waals surface area (Å²) in [6.07, 6.45) is 0. The summed E-state index contributed by atoms with van der Waals surface area (Å²) < 4.78 is 4.81. The molecule has 4 heteroatoms. The van der Waals surface area contributed by atoms with Gasteiger partial charge in [-0.15, -0.1) is 0 Å². The highest BCUT2D eigenvalue weighted by molar-refractivity contribution is 8.32. The number of hydrogen-bond acceptors (Lipinski definition) is 4. The molecule has 2 nitrogen and oxygen atoms in total. The zero-order valence-corrected chi connectivity index (χ0v) is 6.27. The molecule has 0 aliphatic rings. The molecule has 0 N–H and O–H groups in total. The molecule has 0 aromatic heterocycles. The summed E-state index contributed by atoms with van der Waals surface area (Å²) in [5.41, 5.74) is 0. The van der Waals surface area contributed by atoms with Crippen molar-refractivity contribution in [2.75, 3.05) is 7.11 Å². The molecule has 0 radical (unpaired) electrons. The lowest BCUT2D eigenvalue weighted by Gasteiger charge is -1.93. The third-order valence-corrected chi connectivity index (χ3v) is 1.43. The summed E-state index contributed by atoms with van der Waals surface area (Å²) in [7, 11) is 1.44. The van der Waals surface area contributed by atoms with E-state index in [1.54, 1.807) is 0 Å². The highest BCUT2D eigenvalue weighted by Gasteiger charge is 1.98. The van der Waals surface area contributed by atoms with Crippen LogP contribution in [0.5, 0.6) is 0 Å². The van der Waals surface area contributed by atoms with Gasteiger partial charge in [0.2, 0.25) is 4.38 Å². The van der Waals surface area contributed by atoms with Crippen LogP contribution in [0.3, 0.4) is 0 Å². The van der Waals surface area contributed by atoms with Gasteiger partial charge < -0.3 is 4.74 Å². The molecule has 0 spiro atoms. The van der Waals surface area contributed by atoms with E-state index >= 15 is 0 Å². The first-order valence-electron chi connectivity index (χ1n) is 1.93. The molecule has 0 aliphatic carbocycles. The zero-order valence-electron chi connectivity index (χ0n) is 4.63. The van der Waals surface area contributed by atoms with Gasteiger partial charge >= 0.3 is 0 Å². The monoisotopic (exact) mass is 150 g/mol. The SMILES string of the molecule is COC(=S)SC(C)=O. The van der Waals surface area contributed by atoms with Gasteiger partial charge in [-0.2, -0.15) is 0 Å². The van der Waals surface area contributed by atoms with Crippen molar-refractivity contribution in [2.24, 2.45) is 0 Å². The number of rotatable bonds is 0. The van der Waals surface area contributed by atoms with Gasteiger partial charge in [0.25, 0.3) is 0 Å². The molecule has 0 fully saturated rings. The third kappa shape index (κ3) is 4.08. The molecular weight excluding hydrogens is 144 g/mol. The van der Waals surface area contributed by atoms with E-state index in [0.717, 1.165) is 11.8 Å².